The highest BCUT2D eigenvalue weighted by Crippen LogP contribution is 2.66. The molecule has 0 unspecified atom stereocenters. The van der Waals surface area contributed by atoms with Crippen LogP contribution in [-0.4, -0.2) is 9.97 Å². The first-order valence-corrected chi connectivity index (χ1v) is 20.6. The third kappa shape index (κ3) is 4.56. The molecule has 0 atom stereocenters. The van der Waals surface area contributed by atoms with E-state index < -0.39 is 5.41 Å². The predicted molar refractivity (Wildman–Crippen MR) is 235 cm³/mol. The van der Waals surface area contributed by atoms with Gasteiger partial charge in [-0.25, -0.2) is 9.97 Å². The largest absolute Gasteiger partial charge is 0.310 e. The van der Waals surface area contributed by atoms with Crippen LogP contribution >= 0.6 is 22.7 Å². The van der Waals surface area contributed by atoms with Crippen molar-refractivity contribution in [3.63, 3.8) is 0 Å². The predicted octanol–water partition coefficient (Wildman–Crippen LogP) is 14.1. The fourth-order valence-corrected chi connectivity index (χ4v) is 11.2. The second kappa shape index (κ2) is 12.2. The molecule has 0 bridgehead atoms. The van der Waals surface area contributed by atoms with Crippen LogP contribution in [0.15, 0.2) is 187 Å². The summed E-state index contributed by atoms with van der Waals surface area (Å²) in [5, 5.41) is 9.48. The Hall–Kier alpha value is -6.66. The molecule has 2 aliphatic rings. The quantitative estimate of drug-likeness (QED) is 0.179. The molecule has 56 heavy (non-hydrogen) atoms. The van der Waals surface area contributed by atoms with E-state index in [1.165, 1.54) is 64.9 Å². The summed E-state index contributed by atoms with van der Waals surface area (Å²) in [5.41, 5.74) is 13.2. The van der Waals surface area contributed by atoms with E-state index in [0.29, 0.717) is 5.82 Å². The number of hydrogen-bond donors (Lipinski definition) is 0. The van der Waals surface area contributed by atoms with Gasteiger partial charge in [-0.15, -0.1) is 22.7 Å². The summed E-state index contributed by atoms with van der Waals surface area (Å²) in [5.74, 6) is 0.709. The van der Waals surface area contributed by atoms with Gasteiger partial charge in [-0.1, -0.05) is 121 Å². The fraction of sp³-hybridized carbons (Fsp3) is 0.0196. The van der Waals surface area contributed by atoms with Crippen molar-refractivity contribution in [2.45, 2.75) is 5.41 Å². The van der Waals surface area contributed by atoms with E-state index in [0.717, 1.165) is 33.8 Å². The molecule has 262 valence electrons. The summed E-state index contributed by atoms with van der Waals surface area (Å²) in [7, 11) is 0. The number of aromatic nitrogens is 2. The lowest BCUT2D eigenvalue weighted by Crippen LogP contribution is -2.36. The number of rotatable bonds is 4. The number of fused-ring (bicyclic) bond motifs is 11. The van der Waals surface area contributed by atoms with Crippen LogP contribution in [0.3, 0.4) is 0 Å². The molecular weight excluding hydrogens is 719 g/mol. The SMILES string of the molecule is c1ccc(-c2cc(-c3cccc(N4c5cc6ccccc6cc5C5(c6cc7ccccc7cc64)c4ccsc4-c4sccc45)c3)nc(-c3ccccc3)n2)cc1. The van der Waals surface area contributed by atoms with Gasteiger partial charge in [-0.05, 0) is 109 Å². The van der Waals surface area contributed by atoms with Crippen LogP contribution in [0.2, 0.25) is 0 Å². The molecule has 3 aromatic heterocycles. The second-order valence-electron chi connectivity index (χ2n) is 14.6. The molecule has 0 N–H and O–H groups in total. The zero-order valence-electron chi connectivity index (χ0n) is 30.1. The van der Waals surface area contributed by atoms with Gasteiger partial charge in [0.1, 0.15) is 0 Å². The van der Waals surface area contributed by atoms with Crippen molar-refractivity contribution in [1.82, 2.24) is 9.97 Å². The zero-order valence-corrected chi connectivity index (χ0v) is 31.7. The molecule has 0 amide bonds. The maximum Gasteiger partial charge on any atom is 0.160 e. The van der Waals surface area contributed by atoms with Crippen molar-refractivity contribution < 1.29 is 0 Å². The number of benzene rings is 7. The third-order valence-corrected chi connectivity index (χ3v) is 13.6. The summed E-state index contributed by atoms with van der Waals surface area (Å²) in [6.07, 6.45) is 0. The van der Waals surface area contributed by atoms with E-state index in [4.69, 9.17) is 9.97 Å². The Morgan fingerprint density at radius 1 is 0.393 bits per heavy atom. The van der Waals surface area contributed by atoms with Gasteiger partial charge in [0.05, 0.1) is 28.2 Å². The molecule has 0 fully saturated rings. The van der Waals surface area contributed by atoms with E-state index in [1.54, 1.807) is 0 Å². The minimum absolute atomic E-state index is 0.459. The second-order valence-corrected chi connectivity index (χ2v) is 16.4. The summed E-state index contributed by atoms with van der Waals surface area (Å²) >= 11 is 3.73. The molecule has 7 aromatic carbocycles. The van der Waals surface area contributed by atoms with Crippen LogP contribution < -0.4 is 4.90 Å². The number of nitrogens with zero attached hydrogens (tertiary/aromatic N) is 3. The third-order valence-electron chi connectivity index (χ3n) is 11.6. The lowest BCUT2D eigenvalue weighted by atomic mass is 9.64. The maximum absolute atomic E-state index is 5.22. The van der Waals surface area contributed by atoms with Gasteiger partial charge in [0.15, 0.2) is 5.82 Å². The Morgan fingerprint density at radius 2 is 0.875 bits per heavy atom. The van der Waals surface area contributed by atoms with Gasteiger partial charge in [0.2, 0.25) is 0 Å². The monoisotopic (exact) mass is 749 g/mol. The minimum atomic E-state index is -0.459. The Bertz CT molecular complexity index is 2970. The van der Waals surface area contributed by atoms with Crippen molar-refractivity contribution in [2.75, 3.05) is 4.90 Å². The van der Waals surface area contributed by atoms with Crippen LogP contribution in [0.1, 0.15) is 22.3 Å². The molecule has 5 heteroatoms. The normalized spacial score (nSPS) is 13.5. The first-order valence-electron chi connectivity index (χ1n) is 18.9. The van der Waals surface area contributed by atoms with Crippen molar-refractivity contribution in [3.8, 4) is 43.7 Å². The highest BCUT2D eigenvalue weighted by Gasteiger charge is 2.53. The molecule has 12 rings (SSSR count). The van der Waals surface area contributed by atoms with E-state index in [1.807, 2.05) is 46.9 Å². The molecule has 3 nitrogen and oxygen atoms in total. The van der Waals surface area contributed by atoms with Gasteiger partial charge in [0, 0.05) is 32.1 Å². The Labute approximate surface area is 332 Å². The summed E-state index contributed by atoms with van der Waals surface area (Å²) in [4.78, 5) is 15.6. The highest BCUT2D eigenvalue weighted by molar-refractivity contribution is 7.21. The van der Waals surface area contributed by atoms with Gasteiger partial charge in [-0.2, -0.15) is 0 Å². The first kappa shape index (κ1) is 31.7. The molecule has 10 aromatic rings. The number of thiophene rings is 2. The molecule has 0 saturated heterocycles. The average Bonchev–Trinajstić information content (AvgIpc) is 4.00. The Balaban J connectivity index is 1.14. The smallest absolute Gasteiger partial charge is 0.160 e. The molecule has 1 aliphatic heterocycles. The topological polar surface area (TPSA) is 29.0 Å². The summed E-state index contributed by atoms with van der Waals surface area (Å²) < 4.78 is 0. The van der Waals surface area contributed by atoms with Gasteiger partial charge in [-0.3, -0.25) is 0 Å². The van der Waals surface area contributed by atoms with Crippen LogP contribution in [0.25, 0.3) is 65.2 Å². The van der Waals surface area contributed by atoms with Crippen molar-refractivity contribution in [2.24, 2.45) is 0 Å². The van der Waals surface area contributed by atoms with E-state index >= 15 is 0 Å². The molecule has 0 radical (unpaired) electrons. The summed E-state index contributed by atoms with van der Waals surface area (Å²) in [6.45, 7) is 0. The first-order chi connectivity index (χ1) is 27.7. The Morgan fingerprint density at radius 3 is 1.45 bits per heavy atom. The van der Waals surface area contributed by atoms with Gasteiger partial charge < -0.3 is 4.90 Å². The number of hydrogen-bond acceptors (Lipinski definition) is 5. The average molecular weight is 750 g/mol. The lowest BCUT2D eigenvalue weighted by molar-refractivity contribution is 0.759. The summed E-state index contributed by atoms with van der Waals surface area (Å²) in [6, 6.07) is 63.8. The van der Waals surface area contributed by atoms with E-state index in [-0.39, 0.29) is 0 Å². The van der Waals surface area contributed by atoms with Crippen LogP contribution in [0, 0.1) is 0 Å². The van der Waals surface area contributed by atoms with Crippen molar-refractivity contribution in [3.05, 3.63) is 209 Å². The highest BCUT2D eigenvalue weighted by atomic mass is 32.1. The van der Waals surface area contributed by atoms with Crippen LogP contribution in [0.5, 0.6) is 0 Å². The van der Waals surface area contributed by atoms with Crippen LogP contribution in [0.4, 0.5) is 17.1 Å². The molecule has 0 saturated carbocycles. The number of anilines is 3. The zero-order chi connectivity index (χ0) is 36.8. The van der Waals surface area contributed by atoms with Crippen LogP contribution in [-0.2, 0) is 5.41 Å². The molecular formula is C51H31N3S2. The van der Waals surface area contributed by atoms with Gasteiger partial charge in [0.25, 0.3) is 0 Å². The standard InChI is InChI=1S/C51H31N3S2/c1-3-12-32(13-4-1)44-31-45(53-50(52-44)33-14-5-2-6-15-33)38-20-11-21-39(26-38)54-46-29-36-18-9-7-16-34(36)27-42(46)51(40-22-24-55-48(40)49-41(51)23-25-56-49)43-28-35-17-8-10-19-37(35)30-47(43)54/h1-31H. The van der Waals surface area contributed by atoms with Gasteiger partial charge >= 0.3 is 0 Å². The molecule has 4 heterocycles. The maximum atomic E-state index is 5.22. The van der Waals surface area contributed by atoms with Crippen molar-refractivity contribution >= 4 is 61.3 Å². The van der Waals surface area contributed by atoms with E-state index in [2.05, 4.69) is 167 Å². The molecule has 1 aliphatic carbocycles. The molecule has 1 spiro atoms. The van der Waals surface area contributed by atoms with E-state index in [9.17, 15) is 0 Å². The fourth-order valence-electron chi connectivity index (χ4n) is 9.14. The van der Waals surface area contributed by atoms with Crippen molar-refractivity contribution in [1.29, 1.82) is 0 Å². The Kier molecular flexibility index (Phi) is 6.88. The lowest BCUT2D eigenvalue weighted by Gasteiger charge is -2.45. The minimum Gasteiger partial charge on any atom is -0.310 e.